The molecule has 0 aliphatic carbocycles. The Bertz CT molecular complexity index is 1100. The number of fused-ring (bicyclic) bond motifs is 1. The van der Waals surface area contributed by atoms with E-state index in [1.807, 2.05) is 32.8 Å². The number of ether oxygens (including phenoxy) is 2. The van der Waals surface area contributed by atoms with Gasteiger partial charge >= 0.3 is 0 Å². The second-order valence-electron chi connectivity index (χ2n) is 11.5. The molecular weight excluding hydrogens is 548 g/mol. The van der Waals surface area contributed by atoms with Crippen molar-refractivity contribution in [3.8, 4) is 5.75 Å². The molecule has 4 atom stereocenters. The predicted molar refractivity (Wildman–Crippen MR) is 161 cm³/mol. The summed E-state index contributed by atoms with van der Waals surface area (Å²) in [6.45, 7) is 6.97. The van der Waals surface area contributed by atoms with Crippen LogP contribution in [0.1, 0.15) is 63.2 Å². The number of anilines is 1. The van der Waals surface area contributed by atoms with Crippen molar-refractivity contribution in [2.75, 3.05) is 65.6 Å². The van der Waals surface area contributed by atoms with Crippen molar-refractivity contribution in [1.82, 2.24) is 14.1 Å². The lowest BCUT2D eigenvalue weighted by Gasteiger charge is -2.35. The summed E-state index contributed by atoms with van der Waals surface area (Å²) in [7, 11) is 2.00. The fourth-order valence-electron chi connectivity index (χ4n) is 4.63. The van der Waals surface area contributed by atoms with Gasteiger partial charge in [0.25, 0.3) is 5.91 Å². The minimum atomic E-state index is -3.42. The summed E-state index contributed by atoms with van der Waals surface area (Å²) in [6.07, 6.45) is 3.93. The fraction of sp³-hybridized carbons (Fsp3) is 0.724. The highest BCUT2D eigenvalue weighted by molar-refractivity contribution is 7.88. The van der Waals surface area contributed by atoms with Crippen LogP contribution in [0.15, 0.2) is 18.2 Å². The van der Waals surface area contributed by atoms with E-state index in [-0.39, 0.29) is 43.5 Å². The smallest absolute Gasteiger partial charge is 0.258 e. The van der Waals surface area contributed by atoms with E-state index >= 15 is 0 Å². The van der Waals surface area contributed by atoms with Crippen molar-refractivity contribution in [2.45, 2.75) is 71.1 Å². The third-order valence-electron chi connectivity index (χ3n) is 7.35. The maximum absolute atomic E-state index is 14.1. The van der Waals surface area contributed by atoms with Crippen molar-refractivity contribution < 1.29 is 32.6 Å². The van der Waals surface area contributed by atoms with Gasteiger partial charge in [0.15, 0.2) is 0 Å². The van der Waals surface area contributed by atoms with Crippen LogP contribution < -0.4 is 10.1 Å². The van der Waals surface area contributed by atoms with E-state index in [2.05, 4.69) is 5.32 Å². The highest BCUT2D eigenvalue weighted by Crippen LogP contribution is 2.28. The van der Waals surface area contributed by atoms with Gasteiger partial charge in [-0.2, -0.15) is 0 Å². The minimum Gasteiger partial charge on any atom is -0.490 e. The predicted octanol–water partition coefficient (Wildman–Crippen LogP) is 2.65. The number of sulfonamides is 1. The van der Waals surface area contributed by atoms with Gasteiger partial charge in [0.05, 0.1) is 36.7 Å². The molecule has 2 amide bonds. The van der Waals surface area contributed by atoms with Crippen molar-refractivity contribution in [3.05, 3.63) is 23.8 Å². The van der Waals surface area contributed by atoms with Crippen LogP contribution in [0.3, 0.4) is 0 Å². The fourth-order valence-corrected chi connectivity index (χ4v) is 5.05. The minimum absolute atomic E-state index is 0.140. The summed E-state index contributed by atoms with van der Waals surface area (Å²) in [5.41, 5.74) is 0.781. The highest BCUT2D eigenvalue weighted by Gasteiger charge is 2.31. The van der Waals surface area contributed by atoms with Crippen molar-refractivity contribution in [2.24, 2.45) is 5.92 Å². The first-order valence-electron chi connectivity index (χ1n) is 14.4. The number of hydrogen-bond donors (Lipinski definition) is 2. The average molecular weight is 599 g/mol. The second-order valence-corrected chi connectivity index (χ2v) is 13.6. The molecule has 0 saturated heterocycles. The molecule has 12 heteroatoms. The molecule has 0 fully saturated rings. The van der Waals surface area contributed by atoms with E-state index in [0.29, 0.717) is 36.4 Å². The molecule has 234 valence electrons. The molecule has 0 aromatic heterocycles. The number of amides is 2. The summed E-state index contributed by atoms with van der Waals surface area (Å²) in [5.74, 6) is -0.323. The number of aliphatic hydroxyl groups is 1. The molecule has 0 spiro atoms. The van der Waals surface area contributed by atoms with E-state index in [1.54, 1.807) is 30.0 Å². The molecule has 2 rings (SSSR count). The van der Waals surface area contributed by atoms with E-state index in [9.17, 15) is 23.1 Å². The molecule has 1 aliphatic rings. The summed E-state index contributed by atoms with van der Waals surface area (Å²) >= 11 is 0. The van der Waals surface area contributed by atoms with Gasteiger partial charge in [-0.3, -0.25) is 9.59 Å². The molecule has 1 aromatic rings. The molecule has 0 radical (unpaired) electrons. The average Bonchev–Trinajstić information content (AvgIpc) is 2.89. The van der Waals surface area contributed by atoms with E-state index in [0.717, 1.165) is 32.1 Å². The molecule has 0 unspecified atom stereocenters. The van der Waals surface area contributed by atoms with Gasteiger partial charge in [-0.25, -0.2) is 12.7 Å². The second kappa shape index (κ2) is 16.4. The summed E-state index contributed by atoms with van der Waals surface area (Å²) < 4.78 is 37.9. The summed E-state index contributed by atoms with van der Waals surface area (Å²) in [4.78, 5) is 30.3. The summed E-state index contributed by atoms with van der Waals surface area (Å²) in [6, 6.07) is 4.55. The number of nitrogens with zero attached hydrogens (tertiary/aromatic N) is 3. The molecule has 11 nitrogen and oxygen atoms in total. The van der Waals surface area contributed by atoms with Gasteiger partial charge in [0.1, 0.15) is 5.75 Å². The van der Waals surface area contributed by atoms with Crippen molar-refractivity contribution >= 4 is 27.5 Å². The van der Waals surface area contributed by atoms with Crippen LogP contribution in [0.4, 0.5) is 5.69 Å². The number of aliphatic hydroxyl groups excluding tert-OH is 1. The lowest BCUT2D eigenvalue weighted by molar-refractivity contribution is -0.116. The van der Waals surface area contributed by atoms with Crippen LogP contribution in [0, 0.1) is 5.92 Å². The zero-order valence-corrected chi connectivity index (χ0v) is 26.6. The van der Waals surface area contributed by atoms with Gasteiger partial charge in [0.2, 0.25) is 15.9 Å². The van der Waals surface area contributed by atoms with E-state index in [4.69, 9.17) is 9.47 Å². The van der Waals surface area contributed by atoms with Crippen molar-refractivity contribution in [1.29, 1.82) is 0 Å². The molecule has 1 aliphatic heterocycles. The lowest BCUT2D eigenvalue weighted by Crippen LogP contribution is -2.47. The Labute approximate surface area is 246 Å². The SMILES string of the molecule is C[C@@H]1CCCCO[C@@H](CN(C)S(C)(=O)=O)[C@H](C)CN([C@@H](C)CO)C(=O)c2cc(NC(=O)CCCN(C)C)ccc2O1. The molecule has 2 N–H and O–H groups in total. The Morgan fingerprint density at radius 1 is 1.22 bits per heavy atom. The first-order valence-corrected chi connectivity index (χ1v) is 16.3. The summed E-state index contributed by atoms with van der Waals surface area (Å²) in [5, 5.41) is 13.0. The monoisotopic (exact) mass is 598 g/mol. The van der Waals surface area contributed by atoms with Gasteiger partial charge in [-0.15, -0.1) is 0 Å². The standard InChI is InChI=1S/C29H50N4O7S/c1-21-18-33(22(2)20-34)29(36)25-17-24(30-28(35)12-10-15-31(4)5)13-14-26(25)40-23(3)11-8-9-16-39-27(21)19-32(6)41(7,37)38/h13-14,17,21-23,27,34H,8-12,15-16,18-20H2,1-7H3,(H,30,35)/t21-,22+,23-,27+/m1/s1. The Morgan fingerprint density at radius 3 is 2.56 bits per heavy atom. The highest BCUT2D eigenvalue weighted by atomic mass is 32.2. The van der Waals surface area contributed by atoms with Gasteiger partial charge in [-0.05, 0) is 78.4 Å². The van der Waals surface area contributed by atoms with Crippen molar-refractivity contribution in [3.63, 3.8) is 0 Å². The maximum atomic E-state index is 14.1. The number of benzene rings is 1. The Kier molecular flexibility index (Phi) is 14.0. The molecule has 1 heterocycles. The number of likely N-dealkylation sites (N-methyl/N-ethyl adjacent to an activating group) is 1. The van der Waals surface area contributed by atoms with E-state index in [1.165, 1.54) is 11.4 Å². The van der Waals surface area contributed by atoms with Gasteiger partial charge in [-0.1, -0.05) is 6.92 Å². The Balaban J connectivity index is 2.43. The maximum Gasteiger partial charge on any atom is 0.258 e. The zero-order valence-electron chi connectivity index (χ0n) is 25.8. The number of nitrogens with one attached hydrogen (secondary N) is 1. The number of rotatable bonds is 10. The van der Waals surface area contributed by atoms with Crippen LogP contribution in [0.25, 0.3) is 0 Å². The Morgan fingerprint density at radius 2 is 1.93 bits per heavy atom. The number of carbonyl (C=O) groups is 2. The lowest BCUT2D eigenvalue weighted by atomic mass is 10.0. The first-order chi connectivity index (χ1) is 19.2. The van der Waals surface area contributed by atoms with Crippen LogP contribution in [-0.4, -0.2) is 118 Å². The number of hydrogen-bond acceptors (Lipinski definition) is 8. The largest absolute Gasteiger partial charge is 0.490 e. The van der Waals surface area contributed by atoms with Crippen LogP contribution in [0.2, 0.25) is 0 Å². The molecule has 41 heavy (non-hydrogen) atoms. The molecular formula is C29H50N4O7S. The number of carbonyl (C=O) groups excluding carboxylic acids is 2. The third-order valence-corrected chi connectivity index (χ3v) is 8.63. The Hall–Kier alpha value is -2.25. The third kappa shape index (κ3) is 11.5. The quantitative estimate of drug-likeness (QED) is 0.421. The zero-order chi connectivity index (χ0) is 30.7. The van der Waals surface area contributed by atoms with Gasteiger partial charge < -0.3 is 29.7 Å². The van der Waals surface area contributed by atoms with Crippen LogP contribution in [-0.2, 0) is 19.6 Å². The van der Waals surface area contributed by atoms with E-state index < -0.39 is 22.2 Å². The molecule has 1 aromatic carbocycles. The molecule has 0 bridgehead atoms. The van der Waals surface area contributed by atoms with Crippen LogP contribution >= 0.6 is 0 Å². The van der Waals surface area contributed by atoms with Crippen LogP contribution in [0.5, 0.6) is 5.75 Å². The van der Waals surface area contributed by atoms with Gasteiger partial charge in [0, 0.05) is 44.8 Å². The topological polar surface area (TPSA) is 129 Å². The normalized spacial score (nSPS) is 22.1. The first kappa shape index (κ1) is 34.9. The molecule has 0 saturated carbocycles.